The molecule has 0 saturated heterocycles. The van der Waals surface area contributed by atoms with Crippen molar-refractivity contribution in [3.8, 4) is 5.75 Å². The number of hydrogen-bond acceptors (Lipinski definition) is 4. The van der Waals surface area contributed by atoms with Crippen LogP contribution in [0.5, 0.6) is 5.75 Å². The third-order valence-electron chi connectivity index (χ3n) is 2.38. The first kappa shape index (κ1) is 11.2. The minimum Gasteiger partial charge on any atom is -0.506 e. The summed E-state index contributed by atoms with van der Waals surface area (Å²) in [5.41, 5.74) is 0.841. The number of phenolic OH excluding ortho intramolecular Hbond substituents is 1. The lowest BCUT2D eigenvalue weighted by Crippen LogP contribution is -2.06. The van der Waals surface area contributed by atoms with Gasteiger partial charge in [0.15, 0.2) is 0 Å². The number of rotatable bonds is 1. The Morgan fingerprint density at radius 3 is 2.71 bits per heavy atom. The van der Waals surface area contributed by atoms with Crippen LogP contribution in [0, 0.1) is 6.92 Å². The molecule has 0 aliphatic carbocycles. The first-order valence-electron chi connectivity index (χ1n) is 5.02. The van der Waals surface area contributed by atoms with E-state index in [1.54, 1.807) is 13.0 Å². The molecule has 0 unspecified atom stereocenters. The van der Waals surface area contributed by atoms with Crippen LogP contribution in [0.3, 0.4) is 0 Å². The van der Waals surface area contributed by atoms with Gasteiger partial charge >= 0.3 is 5.63 Å². The van der Waals surface area contributed by atoms with Crippen LogP contribution in [0.2, 0.25) is 0 Å². The van der Waals surface area contributed by atoms with E-state index in [2.05, 4.69) is 5.32 Å². The van der Waals surface area contributed by atoms with Crippen molar-refractivity contribution in [3.63, 3.8) is 0 Å². The van der Waals surface area contributed by atoms with Crippen molar-refractivity contribution in [2.75, 3.05) is 5.32 Å². The summed E-state index contributed by atoms with van der Waals surface area (Å²) in [5, 5.41) is 12.8. The lowest BCUT2D eigenvalue weighted by molar-refractivity contribution is -0.114. The zero-order valence-electron chi connectivity index (χ0n) is 9.40. The Morgan fingerprint density at radius 1 is 1.35 bits per heavy atom. The van der Waals surface area contributed by atoms with E-state index < -0.39 is 5.63 Å². The molecular formula is C12H11NO4. The molecule has 0 fully saturated rings. The molecule has 0 saturated carbocycles. The number of amides is 1. The smallest absolute Gasteiger partial charge is 0.336 e. The van der Waals surface area contributed by atoms with Crippen LogP contribution in [0.15, 0.2) is 27.4 Å². The lowest BCUT2D eigenvalue weighted by atomic mass is 10.1. The molecule has 2 aromatic rings. The molecule has 5 heteroatoms. The molecule has 1 aromatic heterocycles. The molecule has 0 bridgehead atoms. The summed E-state index contributed by atoms with van der Waals surface area (Å²) in [6.07, 6.45) is 0. The van der Waals surface area contributed by atoms with Crippen molar-refractivity contribution in [3.05, 3.63) is 34.2 Å². The summed E-state index contributed by atoms with van der Waals surface area (Å²) in [5.74, 6) is -0.420. The van der Waals surface area contributed by atoms with Crippen LogP contribution in [0.1, 0.15) is 12.5 Å². The van der Waals surface area contributed by atoms with Gasteiger partial charge in [0.25, 0.3) is 0 Å². The van der Waals surface area contributed by atoms with Gasteiger partial charge in [0.05, 0.1) is 5.69 Å². The Labute approximate surface area is 96.7 Å². The molecule has 1 aromatic carbocycles. The zero-order chi connectivity index (χ0) is 12.6. The predicted molar refractivity (Wildman–Crippen MR) is 63.2 cm³/mol. The maximum atomic E-state index is 11.2. The van der Waals surface area contributed by atoms with Gasteiger partial charge < -0.3 is 14.8 Å². The third kappa shape index (κ3) is 2.13. The van der Waals surface area contributed by atoms with Gasteiger partial charge in [-0.25, -0.2) is 4.79 Å². The van der Waals surface area contributed by atoms with Crippen molar-refractivity contribution in [1.29, 1.82) is 0 Å². The highest BCUT2D eigenvalue weighted by Gasteiger charge is 2.09. The minimum atomic E-state index is -0.471. The van der Waals surface area contributed by atoms with E-state index >= 15 is 0 Å². The van der Waals surface area contributed by atoms with Crippen LogP contribution >= 0.6 is 0 Å². The van der Waals surface area contributed by atoms with Gasteiger partial charge in [-0.15, -0.1) is 0 Å². The molecular weight excluding hydrogens is 222 g/mol. The molecule has 5 nitrogen and oxygen atoms in total. The number of phenols is 1. The normalized spacial score (nSPS) is 10.5. The van der Waals surface area contributed by atoms with Crippen molar-refractivity contribution in [2.45, 2.75) is 13.8 Å². The van der Waals surface area contributed by atoms with Gasteiger partial charge in [0.2, 0.25) is 5.91 Å². The Balaban J connectivity index is 2.71. The largest absolute Gasteiger partial charge is 0.506 e. The van der Waals surface area contributed by atoms with Gasteiger partial charge in [0.1, 0.15) is 11.3 Å². The summed E-state index contributed by atoms with van der Waals surface area (Å²) in [6, 6.07) is 4.25. The summed E-state index contributed by atoms with van der Waals surface area (Å²) in [6.45, 7) is 3.11. The molecule has 2 N–H and O–H groups in total. The highest BCUT2D eigenvalue weighted by Crippen LogP contribution is 2.30. The van der Waals surface area contributed by atoms with E-state index in [4.69, 9.17) is 4.42 Å². The van der Waals surface area contributed by atoms with Gasteiger partial charge in [-0.3, -0.25) is 4.79 Å². The maximum absolute atomic E-state index is 11.2. The van der Waals surface area contributed by atoms with Crippen LogP contribution in [0.4, 0.5) is 5.69 Å². The quantitative estimate of drug-likeness (QED) is 0.581. The zero-order valence-corrected chi connectivity index (χ0v) is 9.40. The average Bonchev–Trinajstić information content (AvgIpc) is 2.19. The van der Waals surface area contributed by atoms with E-state index in [1.165, 1.54) is 19.1 Å². The third-order valence-corrected chi connectivity index (χ3v) is 2.38. The lowest BCUT2D eigenvalue weighted by Gasteiger charge is -2.07. The van der Waals surface area contributed by atoms with Gasteiger partial charge in [-0.2, -0.15) is 0 Å². The second kappa shape index (κ2) is 3.93. The van der Waals surface area contributed by atoms with E-state index in [-0.39, 0.29) is 11.7 Å². The number of benzene rings is 1. The van der Waals surface area contributed by atoms with Crippen molar-refractivity contribution in [2.24, 2.45) is 0 Å². The molecule has 17 heavy (non-hydrogen) atoms. The molecule has 1 heterocycles. The van der Waals surface area contributed by atoms with E-state index in [0.29, 0.717) is 16.7 Å². The minimum absolute atomic E-state index is 0.138. The number of carbonyl (C=O) groups is 1. The fourth-order valence-corrected chi connectivity index (χ4v) is 1.64. The number of fused-ring (bicyclic) bond motifs is 1. The fourth-order valence-electron chi connectivity index (χ4n) is 1.64. The van der Waals surface area contributed by atoms with E-state index in [1.807, 2.05) is 0 Å². The summed E-state index contributed by atoms with van der Waals surface area (Å²) in [4.78, 5) is 22.1. The van der Waals surface area contributed by atoms with Gasteiger partial charge in [-0.1, -0.05) is 0 Å². The standard InChI is InChI=1S/C12H11NO4/c1-6-3-12(16)17-11-5-10(15)9(4-8(6)11)13-7(2)14/h3-5,15H,1-2H3,(H,13,14). The van der Waals surface area contributed by atoms with Gasteiger partial charge in [0, 0.05) is 24.4 Å². The Hall–Kier alpha value is -2.30. The number of hydrogen-bond donors (Lipinski definition) is 2. The first-order chi connectivity index (χ1) is 7.97. The number of aryl methyl sites for hydroxylation is 1. The SMILES string of the molecule is CC(=O)Nc1cc2c(C)cc(=O)oc2cc1O. The Kier molecular flexibility index (Phi) is 2.59. The molecule has 0 spiro atoms. The molecule has 0 aliphatic heterocycles. The van der Waals surface area contributed by atoms with Crippen LogP contribution in [-0.2, 0) is 4.79 Å². The van der Waals surface area contributed by atoms with Crippen LogP contribution < -0.4 is 10.9 Å². The molecule has 0 atom stereocenters. The predicted octanol–water partition coefficient (Wildman–Crippen LogP) is 1.77. The second-order valence-electron chi connectivity index (χ2n) is 3.80. The van der Waals surface area contributed by atoms with Crippen molar-refractivity contribution in [1.82, 2.24) is 0 Å². The highest BCUT2D eigenvalue weighted by atomic mass is 16.4. The molecule has 0 aliphatic rings. The second-order valence-corrected chi connectivity index (χ2v) is 3.80. The number of carbonyl (C=O) groups excluding carboxylic acids is 1. The van der Waals surface area contributed by atoms with Crippen LogP contribution in [-0.4, -0.2) is 11.0 Å². The van der Waals surface area contributed by atoms with Crippen molar-refractivity contribution >= 4 is 22.6 Å². The number of aromatic hydroxyl groups is 1. The molecule has 0 radical (unpaired) electrons. The van der Waals surface area contributed by atoms with Crippen molar-refractivity contribution < 1.29 is 14.3 Å². The maximum Gasteiger partial charge on any atom is 0.336 e. The van der Waals surface area contributed by atoms with E-state index in [9.17, 15) is 14.7 Å². The van der Waals surface area contributed by atoms with Gasteiger partial charge in [-0.05, 0) is 18.6 Å². The Bertz CT molecular complexity index is 657. The monoisotopic (exact) mass is 233 g/mol. The molecule has 88 valence electrons. The van der Waals surface area contributed by atoms with E-state index in [0.717, 1.165) is 5.56 Å². The fraction of sp³-hybridized carbons (Fsp3) is 0.167. The number of anilines is 1. The Morgan fingerprint density at radius 2 is 2.06 bits per heavy atom. The number of nitrogens with one attached hydrogen (secondary N) is 1. The summed E-state index contributed by atoms with van der Waals surface area (Å²) >= 11 is 0. The highest BCUT2D eigenvalue weighted by molar-refractivity contribution is 5.95. The average molecular weight is 233 g/mol. The molecule has 1 amide bonds. The van der Waals surface area contributed by atoms with Crippen LogP contribution in [0.25, 0.3) is 11.0 Å². The summed E-state index contributed by atoms with van der Waals surface area (Å²) in [7, 11) is 0. The summed E-state index contributed by atoms with van der Waals surface area (Å²) < 4.78 is 4.96. The topological polar surface area (TPSA) is 79.5 Å². The first-order valence-corrected chi connectivity index (χ1v) is 5.02. The molecule has 2 rings (SSSR count).